The zero-order valence-electron chi connectivity index (χ0n) is 16.9. The number of rotatable bonds is 7. The lowest BCUT2D eigenvalue weighted by atomic mass is 10.1. The lowest BCUT2D eigenvalue weighted by molar-refractivity contribution is -0.124. The van der Waals surface area contributed by atoms with Crippen LogP contribution in [0, 0.1) is 0 Å². The Morgan fingerprint density at radius 3 is 2.90 bits per heavy atom. The fraction of sp³-hybridized carbons (Fsp3) is 0.286. The standard InChI is InChI=1S/C21H21N7O3/c1-31-16-4-2-3-12(7-16)10-22-20-26-18-14(8-13-9-17(29)25-19(13)30)11-23-28(18)21(27-20)24-15-5-6-15/h2-4,7-8,11,15H,5-6,9-10H2,1H3,(H,25,29,30)(H2,22,24,26,27)/b13-8+. The van der Waals surface area contributed by atoms with Crippen molar-refractivity contribution >= 4 is 35.4 Å². The van der Waals surface area contributed by atoms with Crippen LogP contribution in [0.15, 0.2) is 36.0 Å². The number of anilines is 2. The van der Waals surface area contributed by atoms with E-state index in [1.54, 1.807) is 23.9 Å². The molecule has 2 aliphatic rings. The highest BCUT2D eigenvalue weighted by atomic mass is 16.5. The Hall–Kier alpha value is -3.95. The van der Waals surface area contributed by atoms with E-state index in [0.717, 1.165) is 24.2 Å². The van der Waals surface area contributed by atoms with Crippen LogP contribution in [0.2, 0.25) is 0 Å². The van der Waals surface area contributed by atoms with Crippen LogP contribution in [0.5, 0.6) is 5.75 Å². The molecule has 1 aliphatic carbocycles. The quantitative estimate of drug-likeness (QED) is 0.391. The third kappa shape index (κ3) is 4.04. The number of methoxy groups -OCH3 is 1. The van der Waals surface area contributed by atoms with Crippen LogP contribution in [-0.4, -0.2) is 44.5 Å². The summed E-state index contributed by atoms with van der Waals surface area (Å²) in [5.41, 5.74) is 2.61. The number of imide groups is 1. The van der Waals surface area contributed by atoms with Crippen molar-refractivity contribution in [1.82, 2.24) is 24.9 Å². The minimum atomic E-state index is -0.383. The summed E-state index contributed by atoms with van der Waals surface area (Å²) in [6.45, 7) is 0.512. The largest absolute Gasteiger partial charge is 0.497 e. The molecule has 1 saturated heterocycles. The fourth-order valence-electron chi connectivity index (χ4n) is 3.35. The maximum Gasteiger partial charge on any atom is 0.254 e. The smallest absolute Gasteiger partial charge is 0.254 e. The van der Waals surface area contributed by atoms with Gasteiger partial charge in [-0.1, -0.05) is 12.1 Å². The van der Waals surface area contributed by atoms with Crippen LogP contribution >= 0.6 is 0 Å². The first-order valence-corrected chi connectivity index (χ1v) is 10.0. The number of fused-ring (bicyclic) bond motifs is 1. The monoisotopic (exact) mass is 419 g/mol. The van der Waals surface area contributed by atoms with Crippen molar-refractivity contribution in [1.29, 1.82) is 0 Å². The molecule has 2 fully saturated rings. The number of ether oxygens (including phenoxy) is 1. The van der Waals surface area contributed by atoms with Gasteiger partial charge < -0.3 is 15.4 Å². The lowest BCUT2D eigenvalue weighted by Crippen LogP contribution is -2.19. The molecule has 3 N–H and O–H groups in total. The maximum absolute atomic E-state index is 12.0. The first-order valence-electron chi connectivity index (χ1n) is 10.0. The molecule has 0 unspecified atom stereocenters. The number of aromatic nitrogens is 4. The van der Waals surface area contributed by atoms with E-state index in [0.29, 0.717) is 41.3 Å². The third-order valence-electron chi connectivity index (χ3n) is 5.12. The van der Waals surface area contributed by atoms with Gasteiger partial charge in [-0.25, -0.2) is 0 Å². The van der Waals surface area contributed by atoms with Crippen molar-refractivity contribution in [3.8, 4) is 5.75 Å². The topological polar surface area (TPSA) is 123 Å². The van der Waals surface area contributed by atoms with Crippen molar-refractivity contribution in [3.63, 3.8) is 0 Å². The van der Waals surface area contributed by atoms with E-state index >= 15 is 0 Å². The Labute approximate surface area is 177 Å². The van der Waals surface area contributed by atoms with Crippen molar-refractivity contribution in [3.05, 3.63) is 47.2 Å². The Morgan fingerprint density at radius 1 is 1.29 bits per heavy atom. The summed E-state index contributed by atoms with van der Waals surface area (Å²) >= 11 is 0. The van der Waals surface area contributed by atoms with Crippen LogP contribution in [0.3, 0.4) is 0 Å². The second kappa shape index (κ2) is 7.71. The second-order valence-electron chi connectivity index (χ2n) is 7.55. The van der Waals surface area contributed by atoms with E-state index in [2.05, 4.69) is 31.0 Å². The highest BCUT2D eigenvalue weighted by molar-refractivity contribution is 6.15. The summed E-state index contributed by atoms with van der Waals surface area (Å²) < 4.78 is 6.90. The minimum Gasteiger partial charge on any atom is -0.497 e. The van der Waals surface area contributed by atoms with Crippen molar-refractivity contribution in [2.75, 3.05) is 17.7 Å². The molecule has 2 amide bonds. The number of carbonyl (C=O) groups is 2. The predicted octanol–water partition coefficient (Wildman–Crippen LogP) is 1.75. The summed E-state index contributed by atoms with van der Waals surface area (Å²) in [6.07, 6.45) is 5.49. The van der Waals surface area contributed by atoms with Crippen molar-refractivity contribution in [2.24, 2.45) is 0 Å². The van der Waals surface area contributed by atoms with Crippen LogP contribution in [0.4, 0.5) is 11.9 Å². The van der Waals surface area contributed by atoms with E-state index < -0.39 is 0 Å². The molecule has 1 aliphatic heterocycles. The van der Waals surface area contributed by atoms with E-state index in [9.17, 15) is 9.59 Å². The van der Waals surface area contributed by atoms with Crippen LogP contribution in [-0.2, 0) is 16.1 Å². The number of amides is 2. The number of hydrogen-bond acceptors (Lipinski definition) is 8. The van der Waals surface area contributed by atoms with Gasteiger partial charge >= 0.3 is 0 Å². The molecule has 0 atom stereocenters. The molecule has 3 heterocycles. The van der Waals surface area contributed by atoms with E-state index in [1.165, 1.54) is 0 Å². The van der Waals surface area contributed by atoms with Crippen LogP contribution in [0.1, 0.15) is 30.4 Å². The Kier molecular flexibility index (Phi) is 4.73. The molecule has 3 aromatic rings. The number of nitrogens with zero attached hydrogens (tertiary/aromatic N) is 4. The molecule has 31 heavy (non-hydrogen) atoms. The van der Waals surface area contributed by atoms with Crippen molar-refractivity contribution in [2.45, 2.75) is 31.8 Å². The Bertz CT molecular complexity index is 1210. The molecule has 0 bridgehead atoms. The molecule has 0 spiro atoms. The zero-order valence-corrected chi connectivity index (χ0v) is 16.9. The highest BCUT2D eigenvalue weighted by Gasteiger charge is 2.26. The number of hydrogen-bond donors (Lipinski definition) is 3. The van der Waals surface area contributed by atoms with Gasteiger partial charge in [-0.05, 0) is 36.6 Å². The summed E-state index contributed by atoms with van der Waals surface area (Å²) in [7, 11) is 1.63. The predicted molar refractivity (Wildman–Crippen MR) is 113 cm³/mol. The van der Waals surface area contributed by atoms with Gasteiger partial charge in [-0.2, -0.15) is 19.6 Å². The lowest BCUT2D eigenvalue weighted by Gasteiger charge is -2.11. The first-order chi connectivity index (χ1) is 15.1. The molecular weight excluding hydrogens is 398 g/mol. The van der Waals surface area contributed by atoms with Gasteiger partial charge in [0.05, 0.1) is 19.7 Å². The SMILES string of the molecule is COc1cccc(CNc2nc(NC3CC3)n3ncc(/C=C4\CC(=O)NC4=O)c3n2)c1. The van der Waals surface area contributed by atoms with Gasteiger partial charge in [0.15, 0.2) is 5.65 Å². The number of carbonyl (C=O) groups excluding carboxylic acids is 2. The maximum atomic E-state index is 12.0. The van der Waals surface area contributed by atoms with Gasteiger partial charge in [0.1, 0.15) is 5.75 Å². The average Bonchev–Trinajstić information content (AvgIpc) is 3.41. The zero-order chi connectivity index (χ0) is 21.4. The van der Waals surface area contributed by atoms with Gasteiger partial charge in [0.25, 0.3) is 5.91 Å². The third-order valence-corrected chi connectivity index (χ3v) is 5.12. The van der Waals surface area contributed by atoms with E-state index in [-0.39, 0.29) is 18.2 Å². The minimum absolute atomic E-state index is 0.0510. The second-order valence-corrected chi connectivity index (χ2v) is 7.55. The van der Waals surface area contributed by atoms with Gasteiger partial charge in [0, 0.05) is 23.7 Å². The number of benzene rings is 1. The fourth-order valence-corrected chi connectivity index (χ4v) is 3.35. The normalized spacial score (nSPS) is 17.3. The van der Waals surface area contributed by atoms with Crippen LogP contribution in [0.25, 0.3) is 11.7 Å². The molecule has 0 radical (unpaired) electrons. The van der Waals surface area contributed by atoms with Gasteiger partial charge in [-0.15, -0.1) is 0 Å². The summed E-state index contributed by atoms with van der Waals surface area (Å²) in [4.78, 5) is 32.7. The Morgan fingerprint density at radius 2 is 2.16 bits per heavy atom. The van der Waals surface area contributed by atoms with E-state index in [1.807, 2.05) is 24.3 Å². The van der Waals surface area contributed by atoms with Crippen molar-refractivity contribution < 1.29 is 14.3 Å². The summed E-state index contributed by atoms with van der Waals surface area (Å²) in [5.74, 6) is 1.11. The molecule has 5 rings (SSSR count). The van der Waals surface area contributed by atoms with E-state index in [4.69, 9.17) is 4.74 Å². The summed E-state index contributed by atoms with van der Waals surface area (Å²) in [6, 6.07) is 8.12. The molecule has 1 aromatic carbocycles. The summed E-state index contributed by atoms with van der Waals surface area (Å²) in [5, 5.41) is 13.3. The first kappa shape index (κ1) is 19.0. The molecular formula is C21H21N7O3. The van der Waals surface area contributed by atoms with Gasteiger partial charge in [0.2, 0.25) is 17.8 Å². The van der Waals surface area contributed by atoms with Crippen LogP contribution < -0.4 is 20.7 Å². The molecule has 158 valence electrons. The molecule has 1 saturated carbocycles. The highest BCUT2D eigenvalue weighted by Crippen LogP contribution is 2.26. The van der Waals surface area contributed by atoms with Gasteiger partial charge in [-0.3, -0.25) is 14.9 Å². The molecule has 2 aromatic heterocycles. The molecule has 10 heteroatoms. The average molecular weight is 419 g/mol. The number of nitrogens with one attached hydrogen (secondary N) is 3. The molecule has 10 nitrogen and oxygen atoms in total. The Balaban J connectivity index is 1.48.